The standard InChI is InChI=1S/2C7H18NO3P.Co/c2*1-4-8(5-2)7-12(9,10)11-6-3;/h2*4-7H2,1-3H3,(H,9,10);/q;;+2/p-2. The molecule has 8 nitrogen and oxygen atoms in total. The van der Waals surface area contributed by atoms with Crippen LogP contribution in [0.1, 0.15) is 41.5 Å². The molecular formula is C14H34CoN2O6P2. The molecule has 0 aliphatic heterocycles. The van der Waals surface area contributed by atoms with E-state index >= 15 is 0 Å². The van der Waals surface area contributed by atoms with Crippen molar-refractivity contribution < 1.29 is 44.7 Å². The monoisotopic (exact) mass is 447 g/mol. The van der Waals surface area contributed by atoms with Crippen molar-refractivity contribution in [3.63, 3.8) is 0 Å². The van der Waals surface area contributed by atoms with Crippen molar-refractivity contribution in [2.75, 3.05) is 52.0 Å². The molecule has 11 heteroatoms. The van der Waals surface area contributed by atoms with E-state index in [4.69, 9.17) is 0 Å². The van der Waals surface area contributed by atoms with Gasteiger partial charge in [0.1, 0.15) is 15.2 Å². The zero-order valence-corrected chi connectivity index (χ0v) is 19.1. The van der Waals surface area contributed by atoms with Gasteiger partial charge in [0, 0.05) is 0 Å². The summed E-state index contributed by atoms with van der Waals surface area (Å²) in [4.78, 5) is 25.9. The van der Waals surface area contributed by atoms with Crippen LogP contribution >= 0.6 is 15.2 Å². The second-order valence-corrected chi connectivity index (χ2v) is 8.47. The van der Waals surface area contributed by atoms with E-state index in [1.165, 1.54) is 0 Å². The average molecular weight is 447 g/mol. The second kappa shape index (κ2) is 16.9. The van der Waals surface area contributed by atoms with Gasteiger partial charge in [-0.1, -0.05) is 27.7 Å². The Hall–Kier alpha value is 0.726. The van der Waals surface area contributed by atoms with Gasteiger partial charge in [0.2, 0.25) is 0 Å². The Morgan fingerprint density at radius 2 is 0.920 bits per heavy atom. The van der Waals surface area contributed by atoms with Crippen molar-refractivity contribution in [1.82, 2.24) is 9.80 Å². The zero-order valence-electron chi connectivity index (χ0n) is 16.2. The Morgan fingerprint density at radius 3 is 1.08 bits per heavy atom. The molecular weight excluding hydrogens is 413 g/mol. The third kappa shape index (κ3) is 17.9. The maximum absolute atomic E-state index is 11.1. The van der Waals surface area contributed by atoms with Gasteiger partial charge in [-0.05, 0) is 40.0 Å². The van der Waals surface area contributed by atoms with Gasteiger partial charge in [-0.15, -0.1) is 0 Å². The van der Waals surface area contributed by atoms with Crippen LogP contribution in [0.25, 0.3) is 0 Å². The van der Waals surface area contributed by atoms with Crippen molar-refractivity contribution in [3.05, 3.63) is 0 Å². The Bertz CT molecular complexity index is 360. The largest absolute Gasteiger partial charge is 2.00 e. The molecule has 0 amide bonds. The summed E-state index contributed by atoms with van der Waals surface area (Å²) in [6.45, 7) is 14.4. The molecule has 0 bridgehead atoms. The minimum atomic E-state index is -3.61. The fourth-order valence-electron chi connectivity index (χ4n) is 1.81. The van der Waals surface area contributed by atoms with Crippen LogP contribution in [-0.2, 0) is 35.0 Å². The molecule has 25 heavy (non-hydrogen) atoms. The Balaban J connectivity index is -0.000000372. The van der Waals surface area contributed by atoms with Gasteiger partial charge in [-0.2, -0.15) is 0 Å². The normalized spacial score (nSPS) is 15.8. The van der Waals surface area contributed by atoms with Gasteiger partial charge >= 0.3 is 16.8 Å². The van der Waals surface area contributed by atoms with Crippen LogP contribution in [0, 0.1) is 0 Å². The molecule has 155 valence electrons. The molecule has 0 aliphatic rings. The molecule has 0 saturated heterocycles. The molecule has 1 radical (unpaired) electrons. The van der Waals surface area contributed by atoms with E-state index in [1.807, 2.05) is 37.5 Å². The summed E-state index contributed by atoms with van der Waals surface area (Å²) in [6.07, 6.45) is 0.0433. The van der Waals surface area contributed by atoms with Crippen LogP contribution in [0.4, 0.5) is 0 Å². The Morgan fingerprint density at radius 1 is 0.680 bits per heavy atom. The summed E-state index contributed by atoms with van der Waals surface area (Å²) < 4.78 is 31.5. The maximum Gasteiger partial charge on any atom is 2.00 e. The van der Waals surface area contributed by atoms with Gasteiger partial charge in [0.15, 0.2) is 0 Å². The summed E-state index contributed by atoms with van der Waals surface area (Å²) >= 11 is 0. The first-order chi connectivity index (χ1) is 11.1. The fraction of sp³-hybridized carbons (Fsp3) is 1.00. The van der Waals surface area contributed by atoms with Crippen LogP contribution in [0.5, 0.6) is 0 Å². The van der Waals surface area contributed by atoms with Gasteiger partial charge in [0.25, 0.3) is 0 Å². The molecule has 0 aromatic carbocycles. The summed E-state index contributed by atoms with van der Waals surface area (Å²) in [5.41, 5.74) is 0. The molecule has 0 aromatic heterocycles. The molecule has 0 N–H and O–H groups in total. The Kier molecular flexibility index (Phi) is 20.5. The van der Waals surface area contributed by atoms with Crippen LogP contribution in [0.2, 0.25) is 0 Å². The van der Waals surface area contributed by atoms with E-state index in [9.17, 15) is 18.9 Å². The van der Waals surface area contributed by atoms with E-state index in [0.29, 0.717) is 0 Å². The number of rotatable bonds is 12. The molecule has 2 unspecified atom stereocenters. The van der Waals surface area contributed by atoms with Crippen molar-refractivity contribution in [3.8, 4) is 0 Å². The molecule has 0 aliphatic carbocycles. The van der Waals surface area contributed by atoms with Crippen molar-refractivity contribution in [2.24, 2.45) is 0 Å². The SMILES string of the molecule is CCOP(=O)([O-])CN(CC)CC.CCOP(=O)([O-])CN(CC)CC.[Co+2]. The van der Waals surface area contributed by atoms with E-state index in [-0.39, 0.29) is 42.6 Å². The zero-order chi connectivity index (χ0) is 19.2. The average Bonchev–Trinajstić information content (AvgIpc) is 2.50. The quantitative estimate of drug-likeness (QED) is 0.417. The number of hydrogen-bond acceptors (Lipinski definition) is 8. The van der Waals surface area contributed by atoms with Crippen molar-refractivity contribution in [1.29, 1.82) is 0 Å². The third-order valence-corrected chi connectivity index (χ3v) is 5.98. The molecule has 2 atom stereocenters. The third-order valence-electron chi connectivity index (χ3n) is 3.19. The van der Waals surface area contributed by atoms with Gasteiger partial charge < -0.3 is 28.0 Å². The first-order valence-corrected chi connectivity index (χ1v) is 11.9. The molecule has 0 spiro atoms. The van der Waals surface area contributed by atoms with E-state index in [1.54, 1.807) is 13.8 Å². The van der Waals surface area contributed by atoms with Gasteiger partial charge in [-0.3, -0.25) is 9.80 Å². The first-order valence-electron chi connectivity index (χ1n) is 8.45. The van der Waals surface area contributed by atoms with Crippen LogP contribution in [0.15, 0.2) is 0 Å². The predicted molar refractivity (Wildman–Crippen MR) is 94.0 cm³/mol. The van der Waals surface area contributed by atoms with Crippen LogP contribution in [0.3, 0.4) is 0 Å². The summed E-state index contributed by atoms with van der Waals surface area (Å²) in [7, 11) is -7.21. The first kappa shape index (κ1) is 30.5. The topological polar surface area (TPSA) is 105 Å². The number of nitrogens with zero attached hydrogens (tertiary/aromatic N) is 2. The minimum Gasteiger partial charge on any atom is -0.778 e. The van der Waals surface area contributed by atoms with Crippen LogP contribution in [-0.4, -0.2) is 61.8 Å². The molecule has 0 fully saturated rings. The molecule has 0 heterocycles. The fourth-order valence-corrected chi connectivity index (χ4v) is 4.54. The number of hydrogen-bond donors (Lipinski definition) is 0. The van der Waals surface area contributed by atoms with Crippen LogP contribution < -0.4 is 9.79 Å². The summed E-state index contributed by atoms with van der Waals surface area (Å²) in [5.74, 6) is 0. The maximum atomic E-state index is 11.1. The molecule has 0 rings (SSSR count). The van der Waals surface area contributed by atoms with Gasteiger partial charge in [-0.25, -0.2) is 0 Å². The van der Waals surface area contributed by atoms with Crippen molar-refractivity contribution >= 4 is 15.2 Å². The molecule has 0 saturated carbocycles. The molecule has 0 aromatic rings. The van der Waals surface area contributed by atoms with Crippen molar-refractivity contribution in [2.45, 2.75) is 41.5 Å². The Labute approximate surface area is 163 Å². The predicted octanol–water partition coefficient (Wildman–Crippen LogP) is 1.75. The smallest absolute Gasteiger partial charge is 0.778 e. The second-order valence-electron chi connectivity index (χ2n) is 4.95. The summed E-state index contributed by atoms with van der Waals surface area (Å²) in [6, 6.07) is 0. The summed E-state index contributed by atoms with van der Waals surface area (Å²) in [5, 5.41) is 0. The minimum absolute atomic E-state index is 0. The van der Waals surface area contributed by atoms with E-state index in [2.05, 4.69) is 9.05 Å². The van der Waals surface area contributed by atoms with E-state index < -0.39 is 15.2 Å². The van der Waals surface area contributed by atoms with E-state index in [0.717, 1.165) is 26.2 Å². The van der Waals surface area contributed by atoms with Gasteiger partial charge in [0.05, 0.1) is 25.8 Å².